The van der Waals surface area contributed by atoms with Crippen LogP contribution in [0.4, 0.5) is 101 Å². The first-order valence-electron chi connectivity index (χ1n) is 15.4. The van der Waals surface area contributed by atoms with Crippen LogP contribution >= 0.6 is 10.3 Å². The molecule has 338 valence electrons. The van der Waals surface area contributed by atoms with Crippen molar-refractivity contribution in [2.75, 3.05) is 0 Å². The van der Waals surface area contributed by atoms with E-state index in [2.05, 4.69) is 0 Å². The maximum atomic E-state index is 15.4. The lowest BCUT2D eigenvalue weighted by molar-refractivity contribution is -0.477. The van der Waals surface area contributed by atoms with Crippen molar-refractivity contribution >= 4 is 27.2 Å². The summed E-state index contributed by atoms with van der Waals surface area (Å²) in [5.74, 6) is -95.1. The van der Waals surface area contributed by atoms with Gasteiger partial charge in [-0.05, 0) is 52.8 Å². The summed E-state index contributed by atoms with van der Waals surface area (Å²) in [5, 5.41) is -0.0123. The molecular weight excluding hydrogens is 929 g/mol. The third kappa shape index (κ3) is 6.71. The van der Waals surface area contributed by atoms with Crippen molar-refractivity contribution in [1.29, 1.82) is 0 Å². The monoisotopic (exact) mass is 944 g/mol. The number of rotatable bonds is 14. The molecule has 4 nitrogen and oxygen atoms in total. The molecule has 0 aliphatic heterocycles. The normalized spacial score (nSPS) is 15.2. The number of halogens is 23. The Morgan fingerprint density at radius 1 is 0.426 bits per heavy atom. The molecule has 0 aliphatic rings. The summed E-state index contributed by atoms with van der Waals surface area (Å²) < 4.78 is 333. The maximum Gasteiger partial charge on any atom is 0.460 e. The Morgan fingerprint density at radius 2 is 0.770 bits per heavy atom. The highest BCUT2D eigenvalue weighted by Gasteiger charge is 2.99. The van der Waals surface area contributed by atoms with Gasteiger partial charge in [0.05, 0.1) is 0 Å². The van der Waals surface area contributed by atoms with Crippen molar-refractivity contribution in [1.82, 2.24) is 0 Å². The highest BCUT2D eigenvalue weighted by Crippen LogP contribution is 2.71. The first-order valence-corrected chi connectivity index (χ1v) is 16.9. The van der Waals surface area contributed by atoms with Crippen molar-refractivity contribution in [2.24, 2.45) is 0 Å². The molecule has 0 unspecified atom stereocenters. The molecule has 0 spiro atoms. The van der Waals surface area contributed by atoms with Gasteiger partial charge in [0.2, 0.25) is 0 Å². The van der Waals surface area contributed by atoms with Crippen LogP contribution in [-0.2, 0) is 8.98 Å². The summed E-state index contributed by atoms with van der Waals surface area (Å²) >= 11 is 0. The minimum atomic E-state index is -9.60. The molecule has 0 aliphatic carbocycles. The number of benzene rings is 3. The lowest BCUT2D eigenvalue weighted by Gasteiger charge is -2.45. The molecule has 61 heavy (non-hydrogen) atoms. The van der Waals surface area contributed by atoms with E-state index in [0.29, 0.717) is 6.07 Å². The van der Waals surface area contributed by atoms with Crippen LogP contribution in [0, 0.1) is 0 Å². The topological polar surface area (TPSA) is 56.5 Å². The molecule has 0 atom stereocenters. The summed E-state index contributed by atoms with van der Waals surface area (Å²) in [4.78, 5) is 23.1. The fraction of sp³-hybridized carbons (Fsp3) is 0.333. The van der Waals surface area contributed by atoms with Crippen LogP contribution in [-0.4, -0.2) is 71.4 Å². The van der Waals surface area contributed by atoms with E-state index in [9.17, 15) is 93.0 Å². The van der Waals surface area contributed by atoms with E-state index in [4.69, 9.17) is 8.60 Å². The van der Waals surface area contributed by atoms with E-state index in [1.807, 2.05) is 0 Å². The van der Waals surface area contributed by atoms with Gasteiger partial charge in [0.1, 0.15) is 5.58 Å². The van der Waals surface area contributed by atoms with E-state index in [0.717, 1.165) is 72.8 Å². The number of hydrogen-bond acceptors (Lipinski definition) is 4. The average molecular weight is 945 g/mol. The fourth-order valence-corrected chi connectivity index (χ4v) is 8.10. The zero-order valence-corrected chi connectivity index (χ0v) is 29.2. The van der Waals surface area contributed by atoms with Crippen molar-refractivity contribution in [3.63, 3.8) is 0 Å². The Balaban J connectivity index is 1.90. The van der Waals surface area contributed by atoms with Crippen LogP contribution in [0.25, 0.3) is 11.0 Å². The Labute approximate surface area is 323 Å². The lowest BCUT2D eigenvalue weighted by atomic mass is 9.85. The standard InChI is InChI=1S/C33H15F23O4S/c34-23(35,22(58)60-61(17-7-3-1-4-8-17,18-9-5-2-6-10-18)19-13-11-16-12-14-21(57)59-20(16)15-19)24(36,37)25(38,39)26(40,41)27(42,43)28(44,45)29(46,47)30(48,49)31(50,51)32(52,53)33(54,55)56/h1-15H. The van der Waals surface area contributed by atoms with Gasteiger partial charge in [-0.15, -0.1) is 0 Å². The molecule has 0 saturated carbocycles. The molecule has 28 heteroatoms. The van der Waals surface area contributed by atoms with Gasteiger partial charge in [0, 0.05) is 26.1 Å². The minimum Gasteiger partial charge on any atom is -0.423 e. The predicted molar refractivity (Wildman–Crippen MR) is 159 cm³/mol. The highest BCUT2D eigenvalue weighted by molar-refractivity contribution is 8.30. The first kappa shape index (κ1) is 48.7. The van der Waals surface area contributed by atoms with Gasteiger partial charge in [0.25, 0.3) is 0 Å². The molecule has 0 saturated heterocycles. The molecule has 4 rings (SSSR count). The van der Waals surface area contributed by atoms with Crippen LogP contribution in [0.1, 0.15) is 0 Å². The van der Waals surface area contributed by atoms with Crippen LogP contribution in [0.5, 0.6) is 0 Å². The number of hydrogen-bond donors (Lipinski definition) is 0. The van der Waals surface area contributed by atoms with Gasteiger partial charge >= 0.3 is 77.0 Å². The molecule has 0 fully saturated rings. The second kappa shape index (κ2) is 14.6. The molecule has 3 aromatic carbocycles. The molecule has 0 amide bonds. The van der Waals surface area contributed by atoms with Gasteiger partial charge < -0.3 is 8.60 Å². The summed E-state index contributed by atoms with van der Waals surface area (Å²) in [6.45, 7) is 0. The van der Waals surface area contributed by atoms with E-state index >= 15 is 17.6 Å². The van der Waals surface area contributed by atoms with Crippen molar-refractivity contribution in [3.05, 3.63) is 101 Å². The summed E-state index contributed by atoms with van der Waals surface area (Å²) in [5.41, 5.74) is -1.63. The number of carbonyl (C=O) groups is 1. The first-order chi connectivity index (χ1) is 27.3. The van der Waals surface area contributed by atoms with Crippen LogP contribution in [0.15, 0.2) is 115 Å². The van der Waals surface area contributed by atoms with E-state index in [-0.39, 0.29) is 5.39 Å². The lowest BCUT2D eigenvalue weighted by Crippen LogP contribution is -2.78. The quantitative estimate of drug-likeness (QED) is 0.0934. The Morgan fingerprint density at radius 3 is 1.15 bits per heavy atom. The van der Waals surface area contributed by atoms with Crippen LogP contribution in [0.2, 0.25) is 0 Å². The average Bonchev–Trinajstić information content (AvgIpc) is 3.16. The predicted octanol–water partition coefficient (Wildman–Crippen LogP) is 12.4. The van der Waals surface area contributed by atoms with Crippen LogP contribution < -0.4 is 5.63 Å². The van der Waals surface area contributed by atoms with Crippen molar-refractivity contribution in [2.45, 2.75) is 80.1 Å². The molecule has 4 aromatic rings. The number of carbonyl (C=O) groups excluding carboxylic acids is 1. The largest absolute Gasteiger partial charge is 0.460 e. The SMILES string of the molecule is O=C(OS(c1ccccc1)(c1ccccc1)c1ccc2ccc(=O)oc2c1)C(F)(F)C(F)(F)C(F)(F)C(F)(F)C(F)(F)C(F)(F)C(F)(F)C(F)(F)C(F)(F)C(F)(F)C(F)(F)F. The molecule has 1 heterocycles. The number of fused-ring (bicyclic) bond motifs is 1. The molecule has 0 N–H and O–H groups in total. The van der Waals surface area contributed by atoms with E-state index in [1.54, 1.807) is 0 Å². The second-order valence-corrected chi connectivity index (χ2v) is 14.9. The van der Waals surface area contributed by atoms with Crippen molar-refractivity contribution in [3.8, 4) is 0 Å². The molecule has 0 radical (unpaired) electrons. The molecule has 0 bridgehead atoms. The Kier molecular flexibility index (Phi) is 11.7. The summed E-state index contributed by atoms with van der Waals surface area (Å²) in [6, 6.07) is 14.4. The van der Waals surface area contributed by atoms with Gasteiger partial charge in [0.15, 0.2) is 0 Å². The zero-order chi connectivity index (χ0) is 47.1. The minimum absolute atomic E-state index is 0.0123. The van der Waals surface area contributed by atoms with Gasteiger partial charge in [-0.2, -0.15) is 101 Å². The smallest absolute Gasteiger partial charge is 0.423 e. The summed E-state index contributed by atoms with van der Waals surface area (Å²) in [7, 11) is -4.60. The third-order valence-electron chi connectivity index (χ3n) is 8.44. The highest BCUT2D eigenvalue weighted by atomic mass is 32.3. The zero-order valence-electron chi connectivity index (χ0n) is 28.4. The van der Waals surface area contributed by atoms with Crippen LogP contribution in [0.3, 0.4) is 0 Å². The van der Waals surface area contributed by atoms with E-state index < -0.39 is 108 Å². The van der Waals surface area contributed by atoms with E-state index in [1.165, 1.54) is 12.1 Å². The summed E-state index contributed by atoms with van der Waals surface area (Å²) in [6.07, 6.45) is -8.18. The maximum absolute atomic E-state index is 15.4. The Bertz CT molecular complexity index is 2270. The van der Waals surface area contributed by atoms with Gasteiger partial charge in [-0.25, -0.2) is 9.59 Å². The van der Waals surface area contributed by atoms with Gasteiger partial charge in [-0.3, -0.25) is 0 Å². The third-order valence-corrected chi connectivity index (χ3v) is 11.6. The molecule has 1 aromatic heterocycles. The van der Waals surface area contributed by atoms with Gasteiger partial charge in [-0.1, -0.05) is 42.5 Å². The fourth-order valence-electron chi connectivity index (χ4n) is 5.05. The molecular formula is C33H15F23O4S. The Hall–Kier alpha value is -4.92. The number of alkyl halides is 23. The van der Waals surface area contributed by atoms with Crippen molar-refractivity contribution < 1.29 is 114 Å². The second-order valence-electron chi connectivity index (χ2n) is 12.2.